The van der Waals surface area contributed by atoms with E-state index >= 15 is 0 Å². The van der Waals surface area contributed by atoms with E-state index in [9.17, 15) is 8.78 Å². The Morgan fingerprint density at radius 2 is 2.06 bits per heavy atom. The number of thiocarbonyl (C=S) groups is 1. The molecule has 0 saturated heterocycles. The van der Waals surface area contributed by atoms with Gasteiger partial charge in [0.2, 0.25) is 0 Å². The smallest absolute Gasteiger partial charge is 0.170 e. The van der Waals surface area contributed by atoms with Gasteiger partial charge in [0.1, 0.15) is 11.6 Å². The number of rotatable bonds is 3. The molecule has 1 aromatic rings. The molecule has 0 bridgehead atoms. The van der Waals surface area contributed by atoms with E-state index in [1.54, 1.807) is 0 Å². The first-order chi connectivity index (χ1) is 7.49. The van der Waals surface area contributed by atoms with E-state index in [-0.39, 0.29) is 5.69 Å². The third kappa shape index (κ3) is 4.10. The number of nitrogens with one attached hydrogen (secondary N) is 2. The molecular weight excluding hydrogens is 230 g/mol. The molecule has 0 saturated carbocycles. The summed E-state index contributed by atoms with van der Waals surface area (Å²) in [6.07, 6.45) is 0. The first-order valence-electron chi connectivity index (χ1n) is 4.99. The van der Waals surface area contributed by atoms with Gasteiger partial charge in [0.05, 0.1) is 5.69 Å². The summed E-state index contributed by atoms with van der Waals surface area (Å²) in [6.45, 7) is 4.77. The molecule has 0 aromatic heterocycles. The van der Waals surface area contributed by atoms with Crippen LogP contribution in [0.4, 0.5) is 14.5 Å². The van der Waals surface area contributed by atoms with Crippen LogP contribution >= 0.6 is 12.2 Å². The highest BCUT2D eigenvalue weighted by atomic mass is 32.1. The summed E-state index contributed by atoms with van der Waals surface area (Å²) in [5, 5.41) is 5.94. The highest BCUT2D eigenvalue weighted by Gasteiger charge is 2.05. The topological polar surface area (TPSA) is 24.1 Å². The molecule has 0 unspecified atom stereocenters. The second-order valence-corrected chi connectivity index (χ2v) is 4.26. The normalized spacial score (nSPS) is 10.3. The molecule has 1 aromatic carbocycles. The van der Waals surface area contributed by atoms with E-state index in [4.69, 9.17) is 12.2 Å². The van der Waals surface area contributed by atoms with Gasteiger partial charge in [0, 0.05) is 12.6 Å². The number of anilines is 1. The molecule has 5 heteroatoms. The zero-order valence-electron chi connectivity index (χ0n) is 9.18. The minimum Gasteiger partial charge on any atom is -0.362 e. The minimum absolute atomic E-state index is 0.169. The Bertz CT molecular complexity index is 380. The zero-order valence-corrected chi connectivity index (χ0v) is 10.00. The number of hydrogen-bond donors (Lipinski definition) is 2. The fraction of sp³-hybridized carbons (Fsp3) is 0.364. The predicted octanol–water partition coefficient (Wildman–Crippen LogP) is 2.91. The SMILES string of the molecule is CC(C)CNC(=S)Nc1ccc(F)cc1F. The molecule has 0 heterocycles. The Kier molecular flexibility index (Phi) is 4.61. The average molecular weight is 244 g/mol. The van der Waals surface area contributed by atoms with Gasteiger partial charge in [-0.25, -0.2) is 8.78 Å². The van der Waals surface area contributed by atoms with Crippen LogP contribution in [-0.4, -0.2) is 11.7 Å². The van der Waals surface area contributed by atoms with Gasteiger partial charge in [0.15, 0.2) is 5.11 Å². The lowest BCUT2D eigenvalue weighted by Gasteiger charge is -2.12. The van der Waals surface area contributed by atoms with Gasteiger partial charge in [0.25, 0.3) is 0 Å². The van der Waals surface area contributed by atoms with Crippen LogP contribution in [0.15, 0.2) is 18.2 Å². The quantitative estimate of drug-likeness (QED) is 0.799. The van der Waals surface area contributed by atoms with Crippen LogP contribution in [0.2, 0.25) is 0 Å². The van der Waals surface area contributed by atoms with Gasteiger partial charge >= 0.3 is 0 Å². The maximum atomic E-state index is 13.2. The Hall–Kier alpha value is -1.23. The van der Waals surface area contributed by atoms with Crippen LogP contribution < -0.4 is 10.6 Å². The number of hydrogen-bond acceptors (Lipinski definition) is 1. The molecule has 1 rings (SSSR count). The van der Waals surface area contributed by atoms with Crippen molar-refractivity contribution in [3.63, 3.8) is 0 Å². The molecule has 88 valence electrons. The summed E-state index contributed by atoms with van der Waals surface area (Å²) in [4.78, 5) is 0. The van der Waals surface area contributed by atoms with E-state index in [1.165, 1.54) is 12.1 Å². The molecular formula is C11H14F2N2S. The minimum atomic E-state index is -0.659. The summed E-state index contributed by atoms with van der Waals surface area (Å²) in [5.74, 6) is -0.824. The lowest BCUT2D eigenvalue weighted by Crippen LogP contribution is -2.31. The van der Waals surface area contributed by atoms with Gasteiger partial charge in [-0.1, -0.05) is 13.8 Å². The molecule has 0 aliphatic carbocycles. The average Bonchev–Trinajstić information content (AvgIpc) is 2.19. The highest BCUT2D eigenvalue weighted by Crippen LogP contribution is 2.14. The van der Waals surface area contributed by atoms with Crippen molar-refractivity contribution in [1.29, 1.82) is 0 Å². The van der Waals surface area contributed by atoms with Gasteiger partial charge in [-0.05, 0) is 30.3 Å². The highest BCUT2D eigenvalue weighted by molar-refractivity contribution is 7.80. The van der Waals surface area contributed by atoms with E-state index in [0.717, 1.165) is 6.07 Å². The molecule has 16 heavy (non-hydrogen) atoms. The van der Waals surface area contributed by atoms with Crippen LogP contribution in [-0.2, 0) is 0 Å². The molecule has 0 fully saturated rings. The van der Waals surface area contributed by atoms with Crippen molar-refractivity contribution in [1.82, 2.24) is 5.32 Å². The molecule has 0 aliphatic heterocycles. The Morgan fingerprint density at radius 1 is 1.38 bits per heavy atom. The van der Waals surface area contributed by atoms with E-state index in [0.29, 0.717) is 17.6 Å². The predicted molar refractivity (Wildman–Crippen MR) is 65.4 cm³/mol. The van der Waals surface area contributed by atoms with Crippen molar-refractivity contribution >= 4 is 23.0 Å². The first-order valence-corrected chi connectivity index (χ1v) is 5.39. The van der Waals surface area contributed by atoms with Gasteiger partial charge in [-0.3, -0.25) is 0 Å². The second-order valence-electron chi connectivity index (χ2n) is 3.85. The largest absolute Gasteiger partial charge is 0.362 e. The third-order valence-corrected chi connectivity index (χ3v) is 2.10. The third-order valence-electron chi connectivity index (χ3n) is 1.85. The van der Waals surface area contributed by atoms with Crippen molar-refractivity contribution < 1.29 is 8.78 Å². The Morgan fingerprint density at radius 3 is 2.62 bits per heavy atom. The molecule has 0 atom stereocenters. The van der Waals surface area contributed by atoms with Crippen LogP contribution in [0.25, 0.3) is 0 Å². The Balaban J connectivity index is 2.56. The summed E-state index contributed by atoms with van der Waals surface area (Å²) < 4.78 is 25.8. The fourth-order valence-electron chi connectivity index (χ4n) is 1.05. The molecule has 0 radical (unpaired) electrons. The van der Waals surface area contributed by atoms with Crippen LogP contribution in [0.1, 0.15) is 13.8 Å². The monoisotopic (exact) mass is 244 g/mol. The number of benzene rings is 1. The van der Waals surface area contributed by atoms with Crippen molar-refractivity contribution in [2.24, 2.45) is 5.92 Å². The summed E-state index contributed by atoms with van der Waals surface area (Å²) >= 11 is 4.96. The van der Waals surface area contributed by atoms with Crippen molar-refractivity contribution in [2.75, 3.05) is 11.9 Å². The summed E-state index contributed by atoms with van der Waals surface area (Å²) in [7, 11) is 0. The lowest BCUT2D eigenvalue weighted by atomic mass is 10.2. The molecule has 2 N–H and O–H groups in total. The Labute approximate surface area is 99.0 Å². The van der Waals surface area contributed by atoms with Crippen LogP contribution in [0.5, 0.6) is 0 Å². The first kappa shape index (κ1) is 12.8. The van der Waals surface area contributed by atoms with Gasteiger partial charge in [-0.2, -0.15) is 0 Å². The fourth-order valence-corrected chi connectivity index (χ4v) is 1.25. The summed E-state index contributed by atoms with van der Waals surface area (Å²) in [5.41, 5.74) is 0.169. The van der Waals surface area contributed by atoms with Crippen LogP contribution in [0, 0.1) is 17.6 Å². The van der Waals surface area contributed by atoms with Crippen molar-refractivity contribution in [3.05, 3.63) is 29.8 Å². The maximum absolute atomic E-state index is 13.2. The number of halogens is 2. The standard InChI is InChI=1S/C11H14F2N2S/c1-7(2)6-14-11(16)15-10-4-3-8(12)5-9(10)13/h3-5,7H,6H2,1-2H3,(H2,14,15,16). The summed E-state index contributed by atoms with van der Waals surface area (Å²) in [6, 6.07) is 3.30. The molecule has 0 amide bonds. The second kappa shape index (κ2) is 5.75. The van der Waals surface area contributed by atoms with E-state index < -0.39 is 11.6 Å². The van der Waals surface area contributed by atoms with Crippen LogP contribution in [0.3, 0.4) is 0 Å². The van der Waals surface area contributed by atoms with E-state index in [1.807, 2.05) is 13.8 Å². The molecule has 0 aliphatic rings. The van der Waals surface area contributed by atoms with Crippen molar-refractivity contribution in [3.8, 4) is 0 Å². The molecule has 0 spiro atoms. The van der Waals surface area contributed by atoms with E-state index in [2.05, 4.69) is 10.6 Å². The lowest BCUT2D eigenvalue weighted by molar-refractivity contribution is 0.586. The maximum Gasteiger partial charge on any atom is 0.170 e. The van der Waals surface area contributed by atoms with Crippen molar-refractivity contribution in [2.45, 2.75) is 13.8 Å². The van der Waals surface area contributed by atoms with Gasteiger partial charge in [-0.15, -0.1) is 0 Å². The molecule has 2 nitrogen and oxygen atoms in total. The van der Waals surface area contributed by atoms with Gasteiger partial charge < -0.3 is 10.6 Å². The zero-order chi connectivity index (χ0) is 12.1.